The van der Waals surface area contributed by atoms with Gasteiger partial charge < -0.3 is 16.2 Å². The van der Waals surface area contributed by atoms with E-state index >= 15 is 0 Å². The zero-order valence-corrected chi connectivity index (χ0v) is 9.88. The summed E-state index contributed by atoms with van der Waals surface area (Å²) >= 11 is 0. The van der Waals surface area contributed by atoms with E-state index in [0.29, 0.717) is 6.07 Å². The van der Waals surface area contributed by atoms with Crippen LogP contribution in [0.2, 0.25) is 0 Å². The van der Waals surface area contributed by atoms with Crippen LogP contribution in [0, 0.1) is 11.6 Å². The second-order valence-corrected chi connectivity index (χ2v) is 4.38. The maximum atomic E-state index is 13.9. The summed E-state index contributed by atoms with van der Waals surface area (Å²) in [5.74, 6) is -6.32. The van der Waals surface area contributed by atoms with Crippen molar-refractivity contribution < 1.29 is 22.3 Å². The van der Waals surface area contributed by atoms with E-state index in [-0.39, 0.29) is 5.69 Å². The van der Waals surface area contributed by atoms with Gasteiger partial charge in [-0.3, -0.25) is 0 Å². The van der Waals surface area contributed by atoms with Crippen molar-refractivity contribution in [3.05, 3.63) is 29.3 Å². The highest BCUT2D eigenvalue weighted by molar-refractivity contribution is 5.73. The third-order valence-electron chi connectivity index (χ3n) is 3.02. The van der Waals surface area contributed by atoms with Crippen LogP contribution < -0.4 is 11.5 Å². The zero-order valence-electron chi connectivity index (χ0n) is 9.88. The lowest BCUT2D eigenvalue weighted by Gasteiger charge is -2.37. The van der Waals surface area contributed by atoms with Crippen molar-refractivity contribution in [2.45, 2.75) is 18.4 Å². The van der Waals surface area contributed by atoms with Crippen LogP contribution in [0.3, 0.4) is 0 Å². The van der Waals surface area contributed by atoms with Gasteiger partial charge in [-0.2, -0.15) is 8.78 Å². The number of hydrogen-bond acceptors (Lipinski definition) is 4. The Morgan fingerprint density at radius 3 is 2.53 bits per heavy atom. The van der Waals surface area contributed by atoms with E-state index in [2.05, 4.69) is 9.73 Å². The highest BCUT2D eigenvalue weighted by Gasteiger charge is 2.56. The van der Waals surface area contributed by atoms with Crippen LogP contribution in [0.5, 0.6) is 0 Å². The molecule has 1 aromatic rings. The van der Waals surface area contributed by atoms with Crippen LogP contribution in [0.4, 0.5) is 23.2 Å². The van der Waals surface area contributed by atoms with E-state index in [0.717, 1.165) is 13.0 Å². The number of hydrogen-bond donors (Lipinski definition) is 2. The Bertz CT molecular complexity index is 561. The van der Waals surface area contributed by atoms with Gasteiger partial charge in [0.2, 0.25) is 0 Å². The van der Waals surface area contributed by atoms with Gasteiger partial charge in [-0.05, 0) is 19.1 Å². The minimum Gasteiger partial charge on any atom is -0.459 e. The van der Waals surface area contributed by atoms with Gasteiger partial charge in [0.25, 0.3) is 6.02 Å². The van der Waals surface area contributed by atoms with E-state index in [9.17, 15) is 17.6 Å². The summed E-state index contributed by atoms with van der Waals surface area (Å²) in [7, 11) is 0. The third kappa shape index (κ3) is 1.96. The first-order chi connectivity index (χ1) is 8.67. The summed E-state index contributed by atoms with van der Waals surface area (Å²) in [6.07, 6.45) is 0. The monoisotopic (exact) mass is 277 g/mol. The molecule has 8 heteroatoms. The smallest absolute Gasteiger partial charge is 0.310 e. The SMILES string of the molecule is C[C@]1(c2cc(N)cc(F)c2F)N=C(N)OCC1(F)F. The number of halogens is 4. The van der Waals surface area contributed by atoms with Crippen molar-refractivity contribution in [1.82, 2.24) is 0 Å². The predicted octanol–water partition coefficient (Wildman–Crippen LogP) is 1.74. The molecule has 0 saturated carbocycles. The lowest BCUT2D eigenvalue weighted by molar-refractivity contribution is -0.117. The molecule has 0 fully saturated rings. The average molecular weight is 277 g/mol. The molecule has 0 spiro atoms. The van der Waals surface area contributed by atoms with Crippen LogP contribution in [0.15, 0.2) is 17.1 Å². The molecule has 4 N–H and O–H groups in total. The van der Waals surface area contributed by atoms with Gasteiger partial charge in [0.05, 0.1) is 0 Å². The molecule has 0 saturated heterocycles. The summed E-state index contributed by atoms with van der Waals surface area (Å²) in [5, 5.41) is 0. The number of anilines is 1. The molecule has 0 bridgehead atoms. The van der Waals surface area contributed by atoms with Gasteiger partial charge in [0.15, 0.2) is 23.8 Å². The fourth-order valence-corrected chi connectivity index (χ4v) is 1.86. The van der Waals surface area contributed by atoms with Gasteiger partial charge in [-0.15, -0.1) is 0 Å². The highest BCUT2D eigenvalue weighted by Crippen LogP contribution is 2.45. The van der Waals surface area contributed by atoms with Gasteiger partial charge in [-0.25, -0.2) is 13.8 Å². The van der Waals surface area contributed by atoms with Crippen LogP contribution >= 0.6 is 0 Å². The highest BCUT2D eigenvalue weighted by atomic mass is 19.3. The van der Waals surface area contributed by atoms with E-state index in [1.165, 1.54) is 0 Å². The Kier molecular flexibility index (Phi) is 2.83. The first-order valence-corrected chi connectivity index (χ1v) is 5.28. The number of nitrogens with two attached hydrogens (primary N) is 2. The Morgan fingerprint density at radius 2 is 1.89 bits per heavy atom. The van der Waals surface area contributed by atoms with Gasteiger partial charge in [0.1, 0.15) is 0 Å². The zero-order chi connectivity index (χ0) is 14.4. The molecule has 1 atom stereocenters. The van der Waals surface area contributed by atoms with Crippen LogP contribution in [-0.2, 0) is 10.3 Å². The van der Waals surface area contributed by atoms with E-state index in [1.54, 1.807) is 0 Å². The Morgan fingerprint density at radius 1 is 1.26 bits per heavy atom. The largest absolute Gasteiger partial charge is 0.459 e. The molecule has 1 aromatic carbocycles. The number of amidine groups is 1. The molecule has 1 heterocycles. The summed E-state index contributed by atoms with van der Waals surface area (Å²) in [6.45, 7) is -0.131. The number of ether oxygens (including phenoxy) is 1. The quantitative estimate of drug-likeness (QED) is 0.606. The van der Waals surface area contributed by atoms with Crippen molar-refractivity contribution in [2.75, 3.05) is 12.3 Å². The predicted molar refractivity (Wildman–Crippen MR) is 60.6 cm³/mol. The number of alkyl halides is 2. The number of benzene rings is 1. The molecule has 0 aromatic heterocycles. The van der Waals surface area contributed by atoms with Gasteiger partial charge in [0, 0.05) is 11.3 Å². The summed E-state index contributed by atoms with van der Waals surface area (Å²) < 4.78 is 59.4. The molecule has 1 aliphatic heterocycles. The van der Waals surface area contributed by atoms with Crippen LogP contribution in [-0.4, -0.2) is 18.6 Å². The number of nitrogen functional groups attached to an aromatic ring is 1. The Hall–Kier alpha value is -1.99. The summed E-state index contributed by atoms with van der Waals surface area (Å²) in [6, 6.07) is 1.09. The Labute approximate surface area is 106 Å². The molecule has 0 amide bonds. The molecule has 0 radical (unpaired) electrons. The summed E-state index contributed by atoms with van der Waals surface area (Å²) in [4.78, 5) is 3.44. The minimum atomic E-state index is -3.56. The van der Waals surface area contributed by atoms with Crippen molar-refractivity contribution in [3.63, 3.8) is 0 Å². The fourth-order valence-electron chi connectivity index (χ4n) is 1.86. The van der Waals surface area contributed by atoms with E-state index < -0.39 is 41.3 Å². The fraction of sp³-hybridized carbons (Fsp3) is 0.364. The Balaban J connectivity index is 2.70. The molecule has 2 rings (SSSR count). The molecule has 1 aliphatic rings. The van der Waals surface area contributed by atoms with Crippen molar-refractivity contribution in [2.24, 2.45) is 10.7 Å². The van der Waals surface area contributed by atoms with Crippen LogP contribution in [0.25, 0.3) is 0 Å². The van der Waals surface area contributed by atoms with Crippen molar-refractivity contribution in [1.29, 1.82) is 0 Å². The summed E-state index contributed by atoms with van der Waals surface area (Å²) in [5.41, 5.74) is 7.36. The molecule has 104 valence electrons. The number of nitrogens with zero attached hydrogens (tertiary/aromatic N) is 1. The van der Waals surface area contributed by atoms with E-state index in [1.807, 2.05) is 0 Å². The van der Waals surface area contributed by atoms with Crippen molar-refractivity contribution in [3.8, 4) is 0 Å². The van der Waals surface area contributed by atoms with Gasteiger partial charge in [-0.1, -0.05) is 0 Å². The van der Waals surface area contributed by atoms with Crippen molar-refractivity contribution >= 4 is 11.7 Å². The number of aliphatic imine (C=N–C) groups is 1. The standard InChI is InChI=1S/C11H11F4N3O/c1-10(11(14,15)4-19-9(17)18-10)6-2-5(16)3-7(12)8(6)13/h2-3H,4,16H2,1H3,(H2,17,18)/t10-/m1/s1. The number of rotatable bonds is 1. The molecule has 19 heavy (non-hydrogen) atoms. The first-order valence-electron chi connectivity index (χ1n) is 5.28. The first kappa shape index (κ1) is 13.4. The maximum Gasteiger partial charge on any atom is 0.310 e. The third-order valence-corrected chi connectivity index (χ3v) is 3.02. The topological polar surface area (TPSA) is 73.6 Å². The molecule has 0 aliphatic carbocycles. The van der Waals surface area contributed by atoms with E-state index in [4.69, 9.17) is 11.5 Å². The molecule has 4 nitrogen and oxygen atoms in total. The second kappa shape index (κ2) is 4.01. The molecular weight excluding hydrogens is 266 g/mol. The molecule has 0 unspecified atom stereocenters. The average Bonchev–Trinajstić information content (AvgIpc) is 2.29. The second-order valence-electron chi connectivity index (χ2n) is 4.38. The lowest BCUT2D eigenvalue weighted by Crippen LogP contribution is -2.51. The maximum absolute atomic E-state index is 13.9. The molecular formula is C11H11F4N3O. The van der Waals surface area contributed by atoms with Crippen LogP contribution in [0.1, 0.15) is 12.5 Å². The minimum absolute atomic E-state index is 0.189. The lowest BCUT2D eigenvalue weighted by atomic mass is 9.85. The normalized spacial score (nSPS) is 25.6. The van der Waals surface area contributed by atoms with Gasteiger partial charge >= 0.3 is 5.92 Å².